The maximum Gasteiger partial charge on any atom is 0.240 e. The highest BCUT2D eigenvalue weighted by atomic mass is 127. The maximum atomic E-state index is 12.3. The van der Waals surface area contributed by atoms with Gasteiger partial charge in [0.1, 0.15) is 0 Å². The molecule has 32 heavy (non-hydrogen) atoms. The Morgan fingerprint density at radius 3 is 2.22 bits per heavy atom. The first kappa shape index (κ1) is 27.3. The fourth-order valence-electron chi connectivity index (χ4n) is 4.10. The zero-order valence-electron chi connectivity index (χ0n) is 19.6. The van der Waals surface area contributed by atoms with E-state index in [4.69, 9.17) is 0 Å². The fraction of sp³-hybridized carbons (Fsp3) is 0.696. The molecule has 1 aliphatic carbocycles. The molecule has 1 aromatic carbocycles. The number of nitrogens with one attached hydrogen (secondary N) is 3. The van der Waals surface area contributed by atoms with Crippen molar-refractivity contribution in [3.63, 3.8) is 0 Å². The van der Waals surface area contributed by atoms with Crippen LogP contribution in [0.5, 0.6) is 0 Å². The molecule has 1 saturated heterocycles. The second kappa shape index (κ2) is 13.1. The highest BCUT2D eigenvalue weighted by Crippen LogP contribution is 2.22. The Balaban J connectivity index is 0.00000363. The van der Waals surface area contributed by atoms with Gasteiger partial charge in [-0.1, -0.05) is 38.8 Å². The van der Waals surface area contributed by atoms with E-state index in [1.807, 2.05) is 12.1 Å². The number of hydrogen-bond donors (Lipinski definition) is 3. The van der Waals surface area contributed by atoms with E-state index < -0.39 is 10.0 Å². The lowest BCUT2D eigenvalue weighted by Crippen LogP contribution is -2.49. The van der Waals surface area contributed by atoms with Gasteiger partial charge in [0, 0.05) is 32.2 Å². The fourth-order valence-corrected chi connectivity index (χ4v) is 5.40. The number of sulfonamides is 1. The van der Waals surface area contributed by atoms with Crippen LogP contribution in [-0.4, -0.2) is 58.0 Å². The van der Waals surface area contributed by atoms with E-state index in [9.17, 15) is 8.42 Å². The summed E-state index contributed by atoms with van der Waals surface area (Å²) in [7, 11) is -1.62. The second-order valence-electron chi connectivity index (χ2n) is 9.11. The average molecular weight is 578 g/mol. The Kier molecular flexibility index (Phi) is 11.2. The van der Waals surface area contributed by atoms with Crippen molar-refractivity contribution in [2.24, 2.45) is 10.9 Å². The van der Waals surface area contributed by atoms with Crippen molar-refractivity contribution in [1.29, 1.82) is 0 Å². The number of hydrogen-bond acceptors (Lipinski definition) is 4. The van der Waals surface area contributed by atoms with Gasteiger partial charge in [-0.25, -0.2) is 13.1 Å². The zero-order valence-corrected chi connectivity index (χ0v) is 22.8. The molecular weight excluding hydrogens is 537 g/mol. The summed E-state index contributed by atoms with van der Waals surface area (Å²) in [6, 6.07) is 7.66. The van der Waals surface area contributed by atoms with Gasteiger partial charge in [-0.3, -0.25) is 9.89 Å². The number of benzene rings is 1. The van der Waals surface area contributed by atoms with Crippen molar-refractivity contribution in [2.75, 3.05) is 26.7 Å². The molecule has 1 aromatic rings. The first-order valence-electron chi connectivity index (χ1n) is 11.7. The van der Waals surface area contributed by atoms with Gasteiger partial charge in [0.25, 0.3) is 0 Å². The van der Waals surface area contributed by atoms with Crippen molar-refractivity contribution in [3.05, 3.63) is 29.8 Å². The molecule has 2 fully saturated rings. The van der Waals surface area contributed by atoms with Crippen LogP contribution in [-0.2, 0) is 16.6 Å². The van der Waals surface area contributed by atoms with Crippen LogP contribution < -0.4 is 15.4 Å². The SMILES string of the molecule is CN=C(NCc1ccc(S(=O)(=O)NC2CC2)cc1)NCC(C(C)C)N1CCCCCC1.I. The molecule has 0 bridgehead atoms. The molecule has 0 aromatic heterocycles. The minimum Gasteiger partial charge on any atom is -0.355 e. The van der Waals surface area contributed by atoms with Crippen molar-refractivity contribution in [3.8, 4) is 0 Å². The lowest BCUT2D eigenvalue weighted by atomic mass is 10.0. The van der Waals surface area contributed by atoms with Crippen LogP contribution in [0, 0.1) is 5.92 Å². The van der Waals surface area contributed by atoms with Crippen LogP contribution in [0.4, 0.5) is 0 Å². The van der Waals surface area contributed by atoms with Crippen LogP contribution in [0.2, 0.25) is 0 Å². The largest absolute Gasteiger partial charge is 0.355 e. The minimum atomic E-state index is -3.40. The Morgan fingerprint density at radius 1 is 1.06 bits per heavy atom. The number of likely N-dealkylation sites (tertiary alicyclic amines) is 1. The smallest absolute Gasteiger partial charge is 0.240 e. The van der Waals surface area contributed by atoms with Crippen LogP contribution in [0.3, 0.4) is 0 Å². The van der Waals surface area contributed by atoms with E-state index in [-0.39, 0.29) is 30.0 Å². The number of guanidine groups is 1. The van der Waals surface area contributed by atoms with E-state index in [0.29, 0.717) is 23.4 Å². The van der Waals surface area contributed by atoms with E-state index in [2.05, 4.69) is 39.1 Å². The third kappa shape index (κ3) is 8.46. The number of rotatable bonds is 9. The summed E-state index contributed by atoms with van der Waals surface area (Å²) in [4.78, 5) is 7.32. The van der Waals surface area contributed by atoms with E-state index in [1.165, 1.54) is 38.8 Å². The van der Waals surface area contributed by atoms with Gasteiger partial charge in [-0.05, 0) is 62.4 Å². The predicted octanol–water partition coefficient (Wildman–Crippen LogP) is 3.31. The lowest BCUT2D eigenvalue weighted by molar-refractivity contribution is 0.161. The van der Waals surface area contributed by atoms with Gasteiger partial charge in [0.05, 0.1) is 4.90 Å². The predicted molar refractivity (Wildman–Crippen MR) is 142 cm³/mol. The molecule has 0 amide bonds. The molecule has 3 N–H and O–H groups in total. The Hall–Kier alpha value is -0.910. The number of aliphatic imine (C=N–C) groups is 1. The van der Waals surface area contributed by atoms with Crippen LogP contribution in [0.1, 0.15) is 57.9 Å². The van der Waals surface area contributed by atoms with E-state index in [0.717, 1.165) is 30.9 Å². The third-order valence-electron chi connectivity index (χ3n) is 6.17. The normalized spacial score (nSPS) is 19.2. The molecule has 3 rings (SSSR count). The van der Waals surface area contributed by atoms with Gasteiger partial charge < -0.3 is 10.6 Å². The summed E-state index contributed by atoms with van der Waals surface area (Å²) in [5, 5.41) is 6.85. The zero-order chi connectivity index (χ0) is 22.3. The lowest BCUT2D eigenvalue weighted by Gasteiger charge is -2.34. The maximum absolute atomic E-state index is 12.3. The molecule has 1 saturated carbocycles. The highest BCUT2D eigenvalue weighted by molar-refractivity contribution is 14.0. The molecule has 1 heterocycles. The van der Waals surface area contributed by atoms with Crippen molar-refractivity contribution >= 4 is 40.0 Å². The molecule has 9 heteroatoms. The van der Waals surface area contributed by atoms with Gasteiger partial charge >= 0.3 is 0 Å². The quantitative estimate of drug-likeness (QED) is 0.238. The first-order valence-corrected chi connectivity index (χ1v) is 13.2. The molecule has 182 valence electrons. The summed E-state index contributed by atoms with van der Waals surface area (Å²) in [6.07, 6.45) is 7.13. The van der Waals surface area contributed by atoms with Gasteiger partial charge in [-0.2, -0.15) is 0 Å². The second-order valence-corrected chi connectivity index (χ2v) is 10.8. The number of halogens is 1. The molecule has 2 aliphatic rings. The Bertz CT molecular complexity index is 817. The third-order valence-corrected chi connectivity index (χ3v) is 7.71. The molecule has 1 atom stereocenters. The van der Waals surface area contributed by atoms with E-state index in [1.54, 1.807) is 19.2 Å². The Labute approximate surface area is 211 Å². The summed E-state index contributed by atoms with van der Waals surface area (Å²) in [5.41, 5.74) is 1.02. The van der Waals surface area contributed by atoms with Gasteiger partial charge in [0.15, 0.2) is 5.96 Å². The van der Waals surface area contributed by atoms with E-state index >= 15 is 0 Å². The van der Waals surface area contributed by atoms with Crippen molar-refractivity contribution in [2.45, 2.75) is 75.9 Å². The molecule has 1 unspecified atom stereocenters. The van der Waals surface area contributed by atoms with Crippen molar-refractivity contribution < 1.29 is 8.42 Å². The average Bonchev–Trinajstić information content (AvgIpc) is 3.58. The van der Waals surface area contributed by atoms with Gasteiger partial charge in [0.2, 0.25) is 10.0 Å². The molecule has 0 spiro atoms. The summed E-state index contributed by atoms with van der Waals surface area (Å²) in [5.74, 6) is 1.34. The Morgan fingerprint density at radius 2 is 1.69 bits per heavy atom. The van der Waals surface area contributed by atoms with Crippen molar-refractivity contribution in [1.82, 2.24) is 20.3 Å². The van der Waals surface area contributed by atoms with Crippen LogP contribution in [0.25, 0.3) is 0 Å². The van der Waals surface area contributed by atoms with Crippen LogP contribution in [0.15, 0.2) is 34.2 Å². The summed E-state index contributed by atoms with van der Waals surface area (Å²) >= 11 is 0. The standard InChI is InChI=1S/C23H39N5O2S.HI/c1-18(2)22(28-14-6-4-5-7-15-28)17-26-23(24-3)25-16-19-8-12-21(13-9-19)31(29,30)27-20-10-11-20;/h8-9,12-13,18,20,22,27H,4-7,10-11,14-17H2,1-3H3,(H2,24,25,26);1H. The monoisotopic (exact) mass is 577 g/mol. The van der Waals surface area contributed by atoms with Gasteiger partial charge in [-0.15, -0.1) is 24.0 Å². The molecule has 1 aliphatic heterocycles. The first-order chi connectivity index (χ1) is 14.9. The minimum absolute atomic E-state index is 0. The highest BCUT2D eigenvalue weighted by Gasteiger charge is 2.28. The summed E-state index contributed by atoms with van der Waals surface area (Å²) < 4.78 is 27.3. The molecule has 7 nitrogen and oxygen atoms in total. The molecule has 0 radical (unpaired) electrons. The topological polar surface area (TPSA) is 85.8 Å². The summed E-state index contributed by atoms with van der Waals surface area (Å²) in [6.45, 7) is 8.40. The number of nitrogens with zero attached hydrogens (tertiary/aromatic N) is 2. The van der Waals surface area contributed by atoms with Crippen LogP contribution >= 0.6 is 24.0 Å². The molecular formula is C23H40IN5O2S.